The summed E-state index contributed by atoms with van der Waals surface area (Å²) in [5.74, 6) is 0.153. The van der Waals surface area contributed by atoms with Crippen LogP contribution < -0.4 is 9.47 Å². The quantitative estimate of drug-likeness (QED) is 0.565. The largest absolute Gasteiger partial charge is 0.493 e. The Hall–Kier alpha value is -2.82. The number of ether oxygens (including phenoxy) is 3. The van der Waals surface area contributed by atoms with Gasteiger partial charge in [-0.1, -0.05) is 29.8 Å². The summed E-state index contributed by atoms with van der Waals surface area (Å²) in [6, 6.07) is 11.9. The number of benzene rings is 2. The standard InChI is InChI=1S/C20H22O5/c1-5-24-17-11-10-16(12-18(17)23-4)20(22)25-14(3)19(21)15-8-6-13(2)7-9-15/h6-12,14H,5H2,1-4H3/t14-/m0/s1. The molecule has 0 amide bonds. The van der Waals surface area contributed by atoms with Gasteiger partial charge in [-0.05, 0) is 39.0 Å². The Morgan fingerprint density at radius 3 is 2.24 bits per heavy atom. The fourth-order valence-corrected chi connectivity index (χ4v) is 2.30. The van der Waals surface area contributed by atoms with Crippen molar-refractivity contribution in [2.75, 3.05) is 13.7 Å². The van der Waals surface area contributed by atoms with E-state index in [1.165, 1.54) is 13.2 Å². The number of carbonyl (C=O) groups excluding carboxylic acids is 2. The molecule has 0 N–H and O–H groups in total. The van der Waals surface area contributed by atoms with Crippen molar-refractivity contribution in [3.8, 4) is 11.5 Å². The minimum absolute atomic E-state index is 0.244. The van der Waals surface area contributed by atoms with Crippen molar-refractivity contribution < 1.29 is 23.8 Å². The van der Waals surface area contributed by atoms with Crippen molar-refractivity contribution in [3.05, 3.63) is 59.2 Å². The first-order valence-corrected chi connectivity index (χ1v) is 8.09. The molecule has 2 aromatic carbocycles. The lowest BCUT2D eigenvalue weighted by Gasteiger charge is -2.14. The number of Topliss-reactive ketones (excluding diaryl/α,β-unsaturated/α-hetero) is 1. The number of ketones is 1. The van der Waals surface area contributed by atoms with E-state index in [-0.39, 0.29) is 5.78 Å². The van der Waals surface area contributed by atoms with Crippen LogP contribution in [-0.2, 0) is 4.74 Å². The van der Waals surface area contributed by atoms with Gasteiger partial charge in [-0.2, -0.15) is 0 Å². The summed E-state index contributed by atoms with van der Waals surface area (Å²) in [5.41, 5.74) is 1.86. The number of aryl methyl sites for hydroxylation is 1. The molecule has 0 fully saturated rings. The number of carbonyl (C=O) groups is 2. The molecule has 0 aromatic heterocycles. The molecule has 0 bridgehead atoms. The van der Waals surface area contributed by atoms with E-state index in [2.05, 4.69) is 0 Å². The van der Waals surface area contributed by atoms with Crippen molar-refractivity contribution >= 4 is 11.8 Å². The molecule has 2 rings (SSSR count). The summed E-state index contributed by atoms with van der Waals surface area (Å²) < 4.78 is 15.9. The van der Waals surface area contributed by atoms with Gasteiger partial charge in [0.25, 0.3) is 0 Å². The molecule has 25 heavy (non-hydrogen) atoms. The highest BCUT2D eigenvalue weighted by Crippen LogP contribution is 2.28. The van der Waals surface area contributed by atoms with Gasteiger partial charge in [0.15, 0.2) is 17.6 Å². The van der Waals surface area contributed by atoms with Crippen LogP contribution in [0.5, 0.6) is 11.5 Å². The Morgan fingerprint density at radius 1 is 1.00 bits per heavy atom. The molecule has 1 atom stereocenters. The second-order valence-electron chi connectivity index (χ2n) is 5.58. The SMILES string of the molecule is CCOc1ccc(C(=O)O[C@@H](C)C(=O)c2ccc(C)cc2)cc1OC. The highest BCUT2D eigenvalue weighted by Gasteiger charge is 2.21. The first kappa shape index (κ1) is 18.5. The summed E-state index contributed by atoms with van der Waals surface area (Å²) >= 11 is 0. The van der Waals surface area contributed by atoms with E-state index < -0.39 is 12.1 Å². The molecule has 0 unspecified atom stereocenters. The van der Waals surface area contributed by atoms with Gasteiger partial charge in [-0.3, -0.25) is 4.79 Å². The predicted octanol–water partition coefficient (Wildman–Crippen LogP) is 3.83. The highest BCUT2D eigenvalue weighted by molar-refractivity contribution is 6.01. The molecule has 5 heteroatoms. The molecule has 2 aromatic rings. The van der Waals surface area contributed by atoms with Crippen molar-refractivity contribution in [2.45, 2.75) is 26.9 Å². The zero-order valence-electron chi connectivity index (χ0n) is 14.9. The summed E-state index contributed by atoms with van der Waals surface area (Å²) in [7, 11) is 1.50. The van der Waals surface area contributed by atoms with Crippen LogP contribution in [0.4, 0.5) is 0 Å². The van der Waals surface area contributed by atoms with Crippen LogP contribution in [0.1, 0.15) is 40.1 Å². The molecular formula is C20H22O5. The first-order chi connectivity index (χ1) is 12.0. The van der Waals surface area contributed by atoms with Crippen molar-refractivity contribution in [1.82, 2.24) is 0 Å². The number of methoxy groups -OCH3 is 1. The van der Waals surface area contributed by atoms with Crippen LogP contribution in [0.25, 0.3) is 0 Å². The normalized spacial score (nSPS) is 11.5. The van der Waals surface area contributed by atoms with Gasteiger partial charge in [0.2, 0.25) is 5.78 Å². The zero-order valence-corrected chi connectivity index (χ0v) is 14.9. The van der Waals surface area contributed by atoms with Gasteiger partial charge < -0.3 is 14.2 Å². The van der Waals surface area contributed by atoms with Gasteiger partial charge >= 0.3 is 5.97 Å². The summed E-state index contributed by atoms with van der Waals surface area (Å²) in [6.07, 6.45) is -0.882. The molecule has 0 aliphatic rings. The van der Waals surface area contributed by atoms with Crippen LogP contribution in [0.3, 0.4) is 0 Å². The number of hydrogen-bond donors (Lipinski definition) is 0. The van der Waals surface area contributed by atoms with Gasteiger partial charge in [0.1, 0.15) is 0 Å². The maximum Gasteiger partial charge on any atom is 0.338 e. The van der Waals surface area contributed by atoms with Crippen molar-refractivity contribution in [2.24, 2.45) is 0 Å². The van der Waals surface area contributed by atoms with E-state index in [0.29, 0.717) is 29.2 Å². The molecule has 132 valence electrons. The lowest BCUT2D eigenvalue weighted by molar-refractivity contribution is 0.0318. The number of hydrogen-bond acceptors (Lipinski definition) is 5. The first-order valence-electron chi connectivity index (χ1n) is 8.09. The average Bonchev–Trinajstić information content (AvgIpc) is 2.62. The monoisotopic (exact) mass is 342 g/mol. The van der Waals surface area contributed by atoms with E-state index in [4.69, 9.17) is 14.2 Å². The Morgan fingerprint density at radius 2 is 1.64 bits per heavy atom. The third-order valence-corrected chi connectivity index (χ3v) is 3.69. The van der Waals surface area contributed by atoms with Crippen LogP contribution in [0.15, 0.2) is 42.5 Å². The van der Waals surface area contributed by atoms with Crippen LogP contribution in [-0.4, -0.2) is 31.6 Å². The Labute approximate surface area is 147 Å². The predicted molar refractivity (Wildman–Crippen MR) is 94.6 cm³/mol. The minimum Gasteiger partial charge on any atom is -0.493 e. The van der Waals surface area contributed by atoms with Gasteiger partial charge in [0.05, 0.1) is 19.3 Å². The van der Waals surface area contributed by atoms with Gasteiger partial charge in [-0.15, -0.1) is 0 Å². The fourth-order valence-electron chi connectivity index (χ4n) is 2.30. The third kappa shape index (κ3) is 4.59. The van der Waals surface area contributed by atoms with Crippen molar-refractivity contribution in [3.63, 3.8) is 0 Å². The lowest BCUT2D eigenvalue weighted by atomic mass is 10.1. The van der Waals surface area contributed by atoms with Crippen LogP contribution in [0.2, 0.25) is 0 Å². The molecule has 0 saturated heterocycles. The maximum absolute atomic E-state index is 12.4. The Balaban J connectivity index is 2.10. The maximum atomic E-state index is 12.4. The van der Waals surface area contributed by atoms with Crippen molar-refractivity contribution in [1.29, 1.82) is 0 Å². The molecule has 5 nitrogen and oxygen atoms in total. The number of rotatable bonds is 7. The summed E-state index contributed by atoms with van der Waals surface area (Å²) in [4.78, 5) is 24.7. The topological polar surface area (TPSA) is 61.8 Å². The van der Waals surface area contributed by atoms with Crippen LogP contribution in [0, 0.1) is 6.92 Å². The zero-order chi connectivity index (χ0) is 18.4. The minimum atomic E-state index is -0.882. The molecular weight excluding hydrogens is 320 g/mol. The summed E-state index contributed by atoms with van der Waals surface area (Å²) in [5, 5.41) is 0. The third-order valence-electron chi connectivity index (χ3n) is 3.69. The molecule has 0 radical (unpaired) electrons. The number of esters is 1. The van der Waals surface area contributed by atoms with E-state index >= 15 is 0 Å². The lowest BCUT2D eigenvalue weighted by Crippen LogP contribution is -2.24. The Kier molecular flexibility index (Phi) is 6.17. The van der Waals surface area contributed by atoms with E-state index in [1.807, 2.05) is 26.0 Å². The average molecular weight is 342 g/mol. The van der Waals surface area contributed by atoms with E-state index in [9.17, 15) is 9.59 Å². The molecule has 0 spiro atoms. The molecule has 0 heterocycles. The molecule has 0 saturated carbocycles. The van der Waals surface area contributed by atoms with Gasteiger partial charge in [0, 0.05) is 5.56 Å². The second kappa shape index (κ2) is 8.33. The van der Waals surface area contributed by atoms with Crippen LogP contribution >= 0.6 is 0 Å². The fraction of sp³-hybridized carbons (Fsp3) is 0.300. The smallest absolute Gasteiger partial charge is 0.338 e. The summed E-state index contributed by atoms with van der Waals surface area (Å²) in [6.45, 7) is 5.85. The molecule has 0 aliphatic carbocycles. The van der Waals surface area contributed by atoms with E-state index in [0.717, 1.165) is 5.56 Å². The second-order valence-corrected chi connectivity index (χ2v) is 5.58. The molecule has 0 aliphatic heterocycles. The van der Waals surface area contributed by atoms with Gasteiger partial charge in [-0.25, -0.2) is 4.79 Å². The van der Waals surface area contributed by atoms with E-state index in [1.54, 1.807) is 31.2 Å². The highest BCUT2D eigenvalue weighted by atomic mass is 16.5. The Bertz CT molecular complexity index is 749.